The van der Waals surface area contributed by atoms with E-state index in [0.29, 0.717) is 56.4 Å². The van der Waals surface area contributed by atoms with E-state index in [1.54, 1.807) is 0 Å². The van der Waals surface area contributed by atoms with Gasteiger partial charge in [-0.25, -0.2) is 9.86 Å². The maximum atomic E-state index is 13.3. The Morgan fingerprint density at radius 1 is 1.12 bits per heavy atom. The number of hydrogen-bond acceptors (Lipinski definition) is 7. The predicted octanol–water partition coefficient (Wildman–Crippen LogP) is 1.64. The summed E-state index contributed by atoms with van der Waals surface area (Å²) in [5, 5.41) is 15.2. The van der Waals surface area contributed by atoms with Crippen LogP contribution in [0.5, 0.6) is 0 Å². The Bertz CT molecular complexity index is 666. The molecule has 1 saturated heterocycles. The van der Waals surface area contributed by atoms with Gasteiger partial charge in [0, 0.05) is 32.7 Å². The zero-order chi connectivity index (χ0) is 24.9. The fraction of sp³-hybridized carbons (Fsp3) is 0.826. The minimum absolute atomic E-state index is 0.106. The molecule has 34 heavy (non-hydrogen) atoms. The maximum Gasteiger partial charge on any atom is 0.321 e. The molecule has 2 rings (SSSR count). The summed E-state index contributed by atoms with van der Waals surface area (Å²) >= 11 is 0. The van der Waals surface area contributed by atoms with E-state index in [0.717, 1.165) is 25.7 Å². The lowest BCUT2D eigenvalue weighted by molar-refractivity contribution is -0.158. The quantitative estimate of drug-likeness (QED) is 0.147. The van der Waals surface area contributed by atoms with Gasteiger partial charge in [-0.15, -0.1) is 0 Å². The first-order chi connectivity index (χ1) is 16.4. The summed E-state index contributed by atoms with van der Waals surface area (Å²) in [5.41, 5.74) is 0. The van der Waals surface area contributed by atoms with Gasteiger partial charge in [-0.1, -0.05) is 25.7 Å². The van der Waals surface area contributed by atoms with Gasteiger partial charge >= 0.3 is 6.03 Å². The van der Waals surface area contributed by atoms with Crippen LogP contribution in [0.4, 0.5) is 4.79 Å². The van der Waals surface area contributed by atoms with Gasteiger partial charge in [-0.05, 0) is 39.0 Å². The van der Waals surface area contributed by atoms with Gasteiger partial charge in [0.2, 0.25) is 12.3 Å². The van der Waals surface area contributed by atoms with E-state index in [1.165, 1.54) is 4.90 Å². The number of nitrogens with one attached hydrogen (secondary N) is 2. The van der Waals surface area contributed by atoms with Crippen LogP contribution in [0.15, 0.2) is 0 Å². The fourth-order valence-electron chi connectivity index (χ4n) is 4.84. The van der Waals surface area contributed by atoms with Crippen molar-refractivity contribution in [3.05, 3.63) is 0 Å². The molecule has 11 heteroatoms. The summed E-state index contributed by atoms with van der Waals surface area (Å²) in [5.74, 6) is -1.02. The molecule has 0 aromatic carbocycles. The molecule has 0 bridgehead atoms. The van der Waals surface area contributed by atoms with Crippen molar-refractivity contribution in [3.8, 4) is 0 Å². The van der Waals surface area contributed by atoms with E-state index < -0.39 is 30.2 Å². The molecule has 0 aromatic heterocycles. The number of rotatable bonds is 14. The molecule has 1 aliphatic carbocycles. The van der Waals surface area contributed by atoms with Gasteiger partial charge in [0.1, 0.15) is 6.04 Å². The van der Waals surface area contributed by atoms with Crippen molar-refractivity contribution < 1.29 is 33.9 Å². The maximum absolute atomic E-state index is 13.3. The Labute approximate surface area is 201 Å². The molecule has 2 aliphatic rings. The van der Waals surface area contributed by atoms with Gasteiger partial charge in [0.15, 0.2) is 6.29 Å². The summed E-state index contributed by atoms with van der Waals surface area (Å²) in [6.07, 6.45) is 6.23. The Balaban J connectivity index is 1.90. The molecule has 0 unspecified atom stereocenters. The van der Waals surface area contributed by atoms with Crippen molar-refractivity contribution >= 4 is 24.3 Å². The molecule has 2 atom stereocenters. The molecule has 5 amide bonds. The minimum atomic E-state index is -0.757. The van der Waals surface area contributed by atoms with E-state index in [9.17, 15) is 24.4 Å². The van der Waals surface area contributed by atoms with Crippen LogP contribution >= 0.6 is 0 Å². The lowest BCUT2D eigenvalue weighted by atomic mass is 9.91. The van der Waals surface area contributed by atoms with Crippen molar-refractivity contribution in [2.75, 3.05) is 32.8 Å². The molecule has 0 spiro atoms. The van der Waals surface area contributed by atoms with Gasteiger partial charge in [-0.2, -0.15) is 0 Å². The Morgan fingerprint density at radius 3 is 2.41 bits per heavy atom. The molecule has 11 nitrogen and oxygen atoms in total. The average Bonchev–Trinajstić information content (AvgIpc) is 3.50. The largest absolute Gasteiger partial charge is 0.353 e. The Morgan fingerprint density at radius 2 is 1.79 bits per heavy atom. The highest BCUT2D eigenvalue weighted by Crippen LogP contribution is 2.32. The first-order valence-corrected chi connectivity index (χ1v) is 12.4. The second kappa shape index (κ2) is 14.9. The summed E-state index contributed by atoms with van der Waals surface area (Å²) in [6.45, 7) is 5.25. The van der Waals surface area contributed by atoms with Crippen LogP contribution in [0.1, 0.15) is 65.2 Å². The summed E-state index contributed by atoms with van der Waals surface area (Å²) in [6, 6.07) is -1.40. The first kappa shape index (κ1) is 28.0. The van der Waals surface area contributed by atoms with Crippen molar-refractivity contribution in [1.29, 1.82) is 0 Å². The summed E-state index contributed by atoms with van der Waals surface area (Å²) < 4.78 is 10.8. The SMILES string of the molecule is CCOC(CCNC(=O)NC(=O)[C@@H]1CCCN1C(=O)[C@H](CC1CCCC1)CN(O)C=O)OCC. The first-order valence-electron chi connectivity index (χ1n) is 12.4. The lowest BCUT2D eigenvalue weighted by Crippen LogP contribution is -2.52. The van der Waals surface area contributed by atoms with E-state index in [2.05, 4.69) is 10.6 Å². The highest BCUT2D eigenvalue weighted by molar-refractivity contribution is 5.99. The number of imide groups is 1. The average molecular weight is 485 g/mol. The number of hydrogen-bond donors (Lipinski definition) is 3. The Kier molecular flexibility index (Phi) is 12.3. The molecule has 1 aliphatic heterocycles. The fourth-order valence-corrected chi connectivity index (χ4v) is 4.84. The molecular weight excluding hydrogens is 444 g/mol. The number of likely N-dealkylation sites (tertiary alicyclic amines) is 1. The van der Waals surface area contributed by atoms with Crippen molar-refractivity contribution in [1.82, 2.24) is 20.6 Å². The van der Waals surface area contributed by atoms with E-state index in [-0.39, 0.29) is 25.4 Å². The number of hydroxylamine groups is 2. The van der Waals surface area contributed by atoms with Crippen LogP contribution in [-0.4, -0.2) is 84.6 Å². The minimum Gasteiger partial charge on any atom is -0.353 e. The van der Waals surface area contributed by atoms with Gasteiger partial charge in [0.25, 0.3) is 5.91 Å². The number of amides is 5. The van der Waals surface area contributed by atoms with Crippen LogP contribution in [0.25, 0.3) is 0 Å². The monoisotopic (exact) mass is 484 g/mol. The molecule has 1 heterocycles. The number of carbonyl (C=O) groups is 4. The molecule has 2 fully saturated rings. The standard InChI is InChI=1S/C23H40N4O7/c1-3-33-20(34-4-2)11-12-24-23(31)25-21(29)19-10-7-13-27(19)22(30)18(15-26(32)16-28)14-17-8-5-6-9-17/h16-20,32H,3-15H2,1-2H3,(H2,24,25,29,31)/t18-,19+/m1/s1. The highest BCUT2D eigenvalue weighted by Gasteiger charge is 2.39. The third kappa shape index (κ3) is 8.84. The van der Waals surface area contributed by atoms with E-state index >= 15 is 0 Å². The molecular formula is C23H40N4O7. The predicted molar refractivity (Wildman–Crippen MR) is 123 cm³/mol. The van der Waals surface area contributed by atoms with Gasteiger partial charge in [-0.3, -0.25) is 24.9 Å². The Hall–Kier alpha value is -2.24. The van der Waals surface area contributed by atoms with E-state index in [1.807, 2.05) is 13.8 Å². The smallest absolute Gasteiger partial charge is 0.321 e. The molecule has 194 valence electrons. The summed E-state index contributed by atoms with van der Waals surface area (Å²) in [7, 11) is 0. The number of urea groups is 1. The van der Waals surface area contributed by atoms with Crippen molar-refractivity contribution in [2.45, 2.75) is 77.5 Å². The van der Waals surface area contributed by atoms with Crippen LogP contribution in [0.3, 0.4) is 0 Å². The van der Waals surface area contributed by atoms with Crippen LogP contribution < -0.4 is 10.6 Å². The van der Waals surface area contributed by atoms with E-state index in [4.69, 9.17) is 9.47 Å². The third-order valence-corrected chi connectivity index (χ3v) is 6.42. The zero-order valence-electron chi connectivity index (χ0n) is 20.4. The highest BCUT2D eigenvalue weighted by atomic mass is 16.7. The van der Waals surface area contributed by atoms with Crippen molar-refractivity contribution in [2.24, 2.45) is 11.8 Å². The molecule has 1 saturated carbocycles. The summed E-state index contributed by atoms with van der Waals surface area (Å²) in [4.78, 5) is 50.8. The number of ether oxygens (including phenoxy) is 2. The van der Waals surface area contributed by atoms with Gasteiger partial charge < -0.3 is 19.7 Å². The topological polar surface area (TPSA) is 138 Å². The van der Waals surface area contributed by atoms with Crippen LogP contribution in [0.2, 0.25) is 0 Å². The van der Waals surface area contributed by atoms with Gasteiger partial charge in [0.05, 0.1) is 12.5 Å². The number of carbonyl (C=O) groups excluding carboxylic acids is 4. The number of nitrogens with zero attached hydrogens (tertiary/aromatic N) is 2. The zero-order valence-corrected chi connectivity index (χ0v) is 20.4. The molecule has 3 N–H and O–H groups in total. The second-order valence-electron chi connectivity index (χ2n) is 8.87. The lowest BCUT2D eigenvalue weighted by Gasteiger charge is -2.30. The molecule has 0 radical (unpaired) electrons. The van der Waals surface area contributed by atoms with Crippen molar-refractivity contribution in [3.63, 3.8) is 0 Å². The van der Waals surface area contributed by atoms with Crippen LogP contribution in [-0.2, 0) is 23.9 Å². The molecule has 0 aromatic rings. The second-order valence-corrected chi connectivity index (χ2v) is 8.87. The third-order valence-electron chi connectivity index (χ3n) is 6.42. The normalized spacial score (nSPS) is 19.3. The van der Waals surface area contributed by atoms with Crippen LogP contribution in [0, 0.1) is 11.8 Å².